The molecule has 2 aliphatic rings. The van der Waals surface area contributed by atoms with Crippen LogP contribution in [0.25, 0.3) is 0 Å². The summed E-state index contributed by atoms with van der Waals surface area (Å²) in [6.45, 7) is 3.18. The summed E-state index contributed by atoms with van der Waals surface area (Å²) in [5.41, 5.74) is 0. The second kappa shape index (κ2) is 12.3. The van der Waals surface area contributed by atoms with Crippen LogP contribution in [0.15, 0.2) is 0 Å². The molecule has 0 radical (unpaired) electrons. The summed E-state index contributed by atoms with van der Waals surface area (Å²) in [6, 6.07) is 0. The third kappa shape index (κ3) is 7.29. The number of esters is 1. The standard InChI is InChI=1S/C19H34O12/c1-3-4-5-27-12(21)6-9(2)30-19-17(26)15(24)14(23)11(31-19)8-29-18-16(25)13(22)10(20)7-28-18/h9-11,13-20,22-26H,3-8H2,1-2H3/t9-,10+,11-,13-,14+,15-,16-,17-,18+,19-/m1/s1. The summed E-state index contributed by atoms with van der Waals surface area (Å²) in [4.78, 5) is 11.8. The van der Waals surface area contributed by atoms with Crippen LogP contribution in [-0.4, -0.2) is 118 Å². The summed E-state index contributed by atoms with van der Waals surface area (Å²) in [5.74, 6) is -0.476. The first-order valence-electron chi connectivity index (χ1n) is 10.4. The van der Waals surface area contributed by atoms with Crippen LogP contribution in [0.5, 0.6) is 0 Å². The van der Waals surface area contributed by atoms with Crippen molar-refractivity contribution in [2.45, 2.75) is 94.5 Å². The van der Waals surface area contributed by atoms with E-state index in [0.717, 1.165) is 12.8 Å². The molecule has 0 amide bonds. The van der Waals surface area contributed by atoms with Crippen LogP contribution in [0.4, 0.5) is 0 Å². The van der Waals surface area contributed by atoms with Crippen LogP contribution < -0.4 is 0 Å². The minimum Gasteiger partial charge on any atom is -0.466 e. The fourth-order valence-corrected chi connectivity index (χ4v) is 3.18. The Labute approximate surface area is 180 Å². The van der Waals surface area contributed by atoms with Gasteiger partial charge in [-0.15, -0.1) is 0 Å². The SMILES string of the molecule is CCCCOC(=O)C[C@@H](C)O[C@@H]1O[C@H](CO[C@@H]2OC[C@H](O)[C@@H](O)[C@H]2O)[C@H](O)[C@@H](O)[C@H]1O. The Balaban J connectivity index is 1.87. The van der Waals surface area contributed by atoms with Crippen LogP contribution in [0, 0.1) is 0 Å². The molecule has 12 heteroatoms. The third-order valence-electron chi connectivity index (χ3n) is 5.13. The van der Waals surface area contributed by atoms with E-state index in [2.05, 4.69) is 0 Å². The highest BCUT2D eigenvalue weighted by Gasteiger charge is 2.46. The molecule has 2 heterocycles. The van der Waals surface area contributed by atoms with Gasteiger partial charge in [0.15, 0.2) is 12.6 Å². The van der Waals surface area contributed by atoms with E-state index in [1.54, 1.807) is 6.92 Å². The van der Waals surface area contributed by atoms with Gasteiger partial charge in [-0.3, -0.25) is 4.79 Å². The van der Waals surface area contributed by atoms with E-state index in [1.807, 2.05) is 6.92 Å². The largest absolute Gasteiger partial charge is 0.466 e. The normalized spacial score (nSPS) is 39.8. The van der Waals surface area contributed by atoms with Gasteiger partial charge in [-0.2, -0.15) is 0 Å². The highest BCUT2D eigenvalue weighted by Crippen LogP contribution is 2.25. The van der Waals surface area contributed by atoms with Gasteiger partial charge in [-0.05, 0) is 13.3 Å². The topological polar surface area (TPSA) is 185 Å². The van der Waals surface area contributed by atoms with E-state index >= 15 is 0 Å². The monoisotopic (exact) mass is 454 g/mol. The van der Waals surface area contributed by atoms with E-state index in [4.69, 9.17) is 23.7 Å². The average Bonchev–Trinajstić information content (AvgIpc) is 2.72. The first kappa shape index (κ1) is 26.3. The highest BCUT2D eigenvalue weighted by molar-refractivity contribution is 5.69. The van der Waals surface area contributed by atoms with Gasteiger partial charge in [0, 0.05) is 0 Å². The van der Waals surface area contributed by atoms with Crippen molar-refractivity contribution in [3.05, 3.63) is 0 Å². The predicted molar refractivity (Wildman–Crippen MR) is 101 cm³/mol. The van der Waals surface area contributed by atoms with Crippen molar-refractivity contribution in [2.75, 3.05) is 19.8 Å². The number of rotatable bonds is 10. The quantitative estimate of drug-likeness (QED) is 0.149. The van der Waals surface area contributed by atoms with Crippen molar-refractivity contribution in [3.63, 3.8) is 0 Å². The Kier molecular flexibility index (Phi) is 10.5. The summed E-state index contributed by atoms with van der Waals surface area (Å²) in [6.07, 6.45) is -12.0. The van der Waals surface area contributed by atoms with Crippen LogP contribution in [0.3, 0.4) is 0 Å². The van der Waals surface area contributed by atoms with Crippen LogP contribution in [0.2, 0.25) is 0 Å². The number of carbonyl (C=O) groups excluding carboxylic acids is 1. The van der Waals surface area contributed by atoms with Gasteiger partial charge in [0.1, 0.15) is 42.7 Å². The molecule has 2 rings (SSSR count). The van der Waals surface area contributed by atoms with Gasteiger partial charge in [0.05, 0.1) is 32.3 Å². The fourth-order valence-electron chi connectivity index (χ4n) is 3.18. The van der Waals surface area contributed by atoms with Crippen molar-refractivity contribution in [1.29, 1.82) is 0 Å². The molecule has 2 aliphatic heterocycles. The number of carbonyl (C=O) groups is 1. The Morgan fingerprint density at radius 1 is 1.00 bits per heavy atom. The second-order valence-electron chi connectivity index (χ2n) is 7.82. The van der Waals surface area contributed by atoms with Crippen LogP contribution in [0.1, 0.15) is 33.1 Å². The highest BCUT2D eigenvalue weighted by atomic mass is 16.7. The Morgan fingerprint density at radius 3 is 2.35 bits per heavy atom. The molecular weight excluding hydrogens is 420 g/mol. The minimum absolute atomic E-state index is 0.0988. The van der Waals surface area contributed by atoms with Gasteiger partial charge in [-0.1, -0.05) is 13.3 Å². The van der Waals surface area contributed by atoms with Crippen molar-refractivity contribution < 1.29 is 59.1 Å². The van der Waals surface area contributed by atoms with Gasteiger partial charge < -0.3 is 54.3 Å². The number of ether oxygens (including phenoxy) is 5. The van der Waals surface area contributed by atoms with E-state index in [-0.39, 0.29) is 19.6 Å². The summed E-state index contributed by atoms with van der Waals surface area (Å²) >= 11 is 0. The molecule has 0 aromatic rings. The van der Waals surface area contributed by atoms with Crippen LogP contribution >= 0.6 is 0 Å². The van der Waals surface area contributed by atoms with Crippen molar-refractivity contribution in [3.8, 4) is 0 Å². The molecule has 0 spiro atoms. The Morgan fingerprint density at radius 2 is 1.68 bits per heavy atom. The molecule has 31 heavy (non-hydrogen) atoms. The van der Waals surface area contributed by atoms with Crippen molar-refractivity contribution in [2.24, 2.45) is 0 Å². The molecule has 6 N–H and O–H groups in total. The van der Waals surface area contributed by atoms with E-state index < -0.39 is 67.4 Å². The lowest BCUT2D eigenvalue weighted by Gasteiger charge is -2.42. The van der Waals surface area contributed by atoms with E-state index in [1.165, 1.54) is 0 Å². The molecular formula is C19H34O12. The van der Waals surface area contributed by atoms with Gasteiger partial charge in [0.25, 0.3) is 0 Å². The summed E-state index contributed by atoms with van der Waals surface area (Å²) in [5, 5.41) is 59.5. The lowest BCUT2D eigenvalue weighted by Crippen LogP contribution is -2.60. The molecule has 0 aromatic heterocycles. The van der Waals surface area contributed by atoms with Gasteiger partial charge >= 0.3 is 5.97 Å². The van der Waals surface area contributed by atoms with E-state index in [9.17, 15) is 35.4 Å². The summed E-state index contributed by atoms with van der Waals surface area (Å²) < 4.78 is 26.5. The maximum Gasteiger partial charge on any atom is 0.308 e. The van der Waals surface area contributed by atoms with Crippen molar-refractivity contribution in [1.82, 2.24) is 0 Å². The first-order chi connectivity index (χ1) is 14.6. The number of hydrogen-bond acceptors (Lipinski definition) is 12. The maximum atomic E-state index is 11.8. The number of unbranched alkanes of at least 4 members (excludes halogenated alkanes) is 1. The number of aliphatic hydroxyl groups is 6. The van der Waals surface area contributed by atoms with E-state index in [0.29, 0.717) is 6.61 Å². The van der Waals surface area contributed by atoms with Crippen LogP contribution in [-0.2, 0) is 28.5 Å². The number of hydrogen-bond donors (Lipinski definition) is 6. The molecule has 0 aromatic carbocycles. The Hall–Kier alpha value is -0.930. The molecule has 12 nitrogen and oxygen atoms in total. The number of aliphatic hydroxyl groups excluding tert-OH is 6. The molecule has 10 atom stereocenters. The summed E-state index contributed by atoms with van der Waals surface area (Å²) in [7, 11) is 0. The molecule has 0 saturated carbocycles. The zero-order valence-electron chi connectivity index (χ0n) is 17.6. The fraction of sp³-hybridized carbons (Fsp3) is 0.947. The van der Waals surface area contributed by atoms with Gasteiger partial charge in [0.2, 0.25) is 0 Å². The molecule has 0 aliphatic carbocycles. The Bertz CT molecular complexity index is 548. The third-order valence-corrected chi connectivity index (χ3v) is 5.13. The second-order valence-corrected chi connectivity index (χ2v) is 7.82. The average molecular weight is 454 g/mol. The minimum atomic E-state index is -1.62. The molecule has 182 valence electrons. The smallest absolute Gasteiger partial charge is 0.308 e. The lowest BCUT2D eigenvalue weighted by molar-refractivity contribution is -0.326. The lowest BCUT2D eigenvalue weighted by atomic mass is 9.99. The first-order valence-corrected chi connectivity index (χ1v) is 10.4. The molecule has 0 unspecified atom stereocenters. The maximum absolute atomic E-state index is 11.8. The molecule has 2 saturated heterocycles. The van der Waals surface area contributed by atoms with Crippen molar-refractivity contribution >= 4 is 5.97 Å². The van der Waals surface area contributed by atoms with Gasteiger partial charge in [-0.25, -0.2) is 0 Å². The molecule has 2 fully saturated rings. The zero-order valence-corrected chi connectivity index (χ0v) is 17.6. The predicted octanol–water partition coefficient (Wildman–Crippen LogP) is -2.61. The zero-order chi connectivity index (χ0) is 23.1. The molecule has 0 bridgehead atoms.